The highest BCUT2D eigenvalue weighted by atomic mass is 35.5. The van der Waals surface area contributed by atoms with Gasteiger partial charge >= 0.3 is 0 Å². The predicted octanol–water partition coefficient (Wildman–Crippen LogP) is 4.56. The van der Waals surface area contributed by atoms with E-state index in [2.05, 4.69) is 4.72 Å². The number of benzene rings is 2. The van der Waals surface area contributed by atoms with E-state index in [0.717, 1.165) is 22.1 Å². The van der Waals surface area contributed by atoms with Gasteiger partial charge < -0.3 is 0 Å². The maximum atomic E-state index is 15.1. The van der Waals surface area contributed by atoms with Crippen molar-refractivity contribution in [2.75, 3.05) is 23.5 Å². The third kappa shape index (κ3) is 5.49. The highest BCUT2D eigenvalue weighted by Gasteiger charge is 2.33. The van der Waals surface area contributed by atoms with Crippen LogP contribution in [0.25, 0.3) is 11.1 Å². The molecule has 1 N–H and O–H groups in total. The fourth-order valence-corrected chi connectivity index (χ4v) is 7.56. The minimum absolute atomic E-state index is 0.0138. The molecule has 190 valence electrons. The molecule has 1 unspecified atom stereocenters. The molecule has 12 heteroatoms. The quantitative estimate of drug-likeness (QED) is 0.429. The summed E-state index contributed by atoms with van der Waals surface area (Å²) in [4.78, 5) is 15.1. The second-order valence-corrected chi connectivity index (χ2v) is 13.9. The molecule has 0 radical (unpaired) electrons. The fraction of sp³-hybridized carbons (Fsp3) is 0.208. The van der Waals surface area contributed by atoms with E-state index < -0.39 is 31.6 Å². The first-order valence-electron chi connectivity index (χ1n) is 10.7. The number of hydrogen-bond acceptors (Lipinski definition) is 6. The molecule has 36 heavy (non-hydrogen) atoms. The first kappa shape index (κ1) is 26.3. The van der Waals surface area contributed by atoms with Crippen LogP contribution in [0.2, 0.25) is 4.34 Å². The summed E-state index contributed by atoms with van der Waals surface area (Å²) in [6, 6.07) is 13.6. The number of halogens is 2. The van der Waals surface area contributed by atoms with Gasteiger partial charge in [0.2, 0.25) is 10.0 Å². The van der Waals surface area contributed by atoms with Crippen molar-refractivity contribution in [3.8, 4) is 11.1 Å². The minimum atomic E-state index is -3.92. The van der Waals surface area contributed by atoms with Crippen LogP contribution in [0.1, 0.15) is 17.7 Å². The third-order valence-electron chi connectivity index (χ3n) is 5.60. The molecule has 1 amide bonds. The summed E-state index contributed by atoms with van der Waals surface area (Å²) in [7, 11) is -7.57. The molecular formula is C24H22ClFN2O5S3. The SMILES string of the molecule is CC(CS(=O)(=O)NC1=CCN(c2c(F)cccc2-c2ccccc2S(C)(=O)=O)C1=O)c1ccc(Cl)s1. The number of nitrogens with zero attached hydrogens (tertiary/aromatic N) is 1. The Bertz CT molecular complexity index is 1580. The number of sulfone groups is 1. The van der Waals surface area contributed by atoms with E-state index in [1.807, 2.05) is 0 Å². The number of nitrogens with one attached hydrogen (secondary N) is 1. The van der Waals surface area contributed by atoms with Gasteiger partial charge in [-0.1, -0.05) is 48.9 Å². The van der Waals surface area contributed by atoms with Crippen molar-refractivity contribution in [1.82, 2.24) is 4.72 Å². The standard InChI is InChI=1S/C24H22ClFN2O5S3/c1-15(20-10-11-22(25)34-20)14-36(32,33)27-19-12-13-28(24(19)29)23-17(7-5-8-18(23)26)16-6-3-4-9-21(16)35(2,30)31/h3-12,15,27H,13-14H2,1-2H3. The van der Waals surface area contributed by atoms with E-state index in [1.54, 1.807) is 31.2 Å². The summed E-state index contributed by atoms with van der Waals surface area (Å²) in [5.41, 5.74) is 0.104. The average molecular weight is 569 g/mol. The van der Waals surface area contributed by atoms with Gasteiger partial charge in [-0.3, -0.25) is 14.4 Å². The molecule has 0 saturated heterocycles. The van der Waals surface area contributed by atoms with E-state index in [0.29, 0.717) is 4.34 Å². The molecule has 0 aliphatic carbocycles. The van der Waals surface area contributed by atoms with Crippen molar-refractivity contribution in [2.24, 2.45) is 0 Å². The van der Waals surface area contributed by atoms with E-state index in [4.69, 9.17) is 11.6 Å². The molecule has 0 fully saturated rings. The van der Waals surface area contributed by atoms with Gasteiger partial charge in [0, 0.05) is 34.7 Å². The van der Waals surface area contributed by atoms with E-state index >= 15 is 4.39 Å². The summed E-state index contributed by atoms with van der Waals surface area (Å²) in [5, 5.41) is 0. The maximum Gasteiger partial charge on any atom is 0.275 e. The van der Waals surface area contributed by atoms with Gasteiger partial charge in [-0.15, -0.1) is 11.3 Å². The molecule has 0 bridgehead atoms. The van der Waals surface area contributed by atoms with Crippen molar-refractivity contribution >= 4 is 54.4 Å². The van der Waals surface area contributed by atoms with E-state index in [1.165, 1.54) is 41.7 Å². The second-order valence-electron chi connectivity index (χ2n) is 8.36. The van der Waals surface area contributed by atoms with Crippen LogP contribution in [0, 0.1) is 5.82 Å². The highest BCUT2D eigenvalue weighted by molar-refractivity contribution is 7.91. The second kappa shape index (κ2) is 9.97. The predicted molar refractivity (Wildman–Crippen MR) is 140 cm³/mol. The van der Waals surface area contributed by atoms with Crippen LogP contribution in [-0.2, 0) is 24.7 Å². The van der Waals surface area contributed by atoms with Crippen molar-refractivity contribution in [3.05, 3.63) is 81.4 Å². The lowest BCUT2D eigenvalue weighted by Gasteiger charge is -2.22. The zero-order chi connectivity index (χ0) is 26.3. The van der Waals surface area contributed by atoms with E-state index in [-0.39, 0.29) is 45.6 Å². The number of sulfonamides is 1. The summed E-state index contributed by atoms with van der Waals surface area (Å²) < 4.78 is 68.2. The number of hydrogen-bond donors (Lipinski definition) is 1. The molecule has 0 spiro atoms. The van der Waals surface area contributed by atoms with Crippen LogP contribution in [0.15, 0.2) is 71.3 Å². The Morgan fingerprint density at radius 3 is 2.42 bits per heavy atom. The average Bonchev–Trinajstić information content (AvgIpc) is 3.38. The molecule has 2 aromatic carbocycles. The number of rotatable bonds is 8. The molecule has 1 aromatic heterocycles. The number of carbonyl (C=O) groups is 1. The van der Waals surface area contributed by atoms with Crippen LogP contribution in [0.5, 0.6) is 0 Å². The third-order valence-corrected chi connectivity index (χ3v) is 9.69. The molecule has 0 saturated carbocycles. The first-order chi connectivity index (χ1) is 16.9. The molecular weight excluding hydrogens is 547 g/mol. The van der Waals surface area contributed by atoms with Crippen LogP contribution < -0.4 is 9.62 Å². The summed E-state index contributed by atoms with van der Waals surface area (Å²) >= 11 is 7.22. The van der Waals surface area contributed by atoms with Gasteiger partial charge in [-0.05, 0) is 30.3 Å². The molecule has 7 nitrogen and oxygen atoms in total. The van der Waals surface area contributed by atoms with Gasteiger partial charge in [-0.2, -0.15) is 0 Å². The smallest absolute Gasteiger partial charge is 0.275 e. The minimum Gasteiger partial charge on any atom is -0.300 e. The van der Waals surface area contributed by atoms with Gasteiger partial charge in [0.15, 0.2) is 9.84 Å². The zero-order valence-electron chi connectivity index (χ0n) is 19.2. The topological polar surface area (TPSA) is 101 Å². The van der Waals surface area contributed by atoms with Gasteiger partial charge in [0.05, 0.1) is 20.7 Å². The molecule has 4 rings (SSSR count). The molecule has 3 aromatic rings. The summed E-state index contributed by atoms with van der Waals surface area (Å²) in [6.07, 6.45) is 2.41. The summed E-state index contributed by atoms with van der Waals surface area (Å²) in [6.45, 7) is 1.64. The van der Waals surface area contributed by atoms with Crippen molar-refractivity contribution in [1.29, 1.82) is 0 Å². The number of carbonyl (C=O) groups excluding carboxylic acids is 1. The first-order valence-corrected chi connectivity index (χ1v) is 15.5. The Hall–Kier alpha value is -2.73. The molecule has 2 heterocycles. The Kier molecular flexibility index (Phi) is 7.29. The van der Waals surface area contributed by atoms with Gasteiger partial charge in [-0.25, -0.2) is 21.2 Å². The van der Waals surface area contributed by atoms with E-state index in [9.17, 15) is 21.6 Å². The number of anilines is 1. The zero-order valence-corrected chi connectivity index (χ0v) is 22.4. The monoisotopic (exact) mass is 568 g/mol. The van der Waals surface area contributed by atoms with Gasteiger partial charge in [0.1, 0.15) is 11.5 Å². The van der Waals surface area contributed by atoms with Crippen LogP contribution >= 0.6 is 22.9 Å². The number of amides is 1. The number of para-hydroxylation sites is 1. The largest absolute Gasteiger partial charge is 0.300 e. The molecule has 1 atom stereocenters. The lowest BCUT2D eigenvalue weighted by molar-refractivity contribution is -0.114. The Morgan fingerprint density at radius 2 is 1.75 bits per heavy atom. The van der Waals surface area contributed by atoms with Crippen molar-refractivity contribution in [2.45, 2.75) is 17.7 Å². The fourth-order valence-electron chi connectivity index (χ4n) is 4.01. The van der Waals surface area contributed by atoms with Crippen molar-refractivity contribution < 1.29 is 26.0 Å². The van der Waals surface area contributed by atoms with Crippen LogP contribution in [-0.4, -0.2) is 41.3 Å². The number of thiophene rings is 1. The van der Waals surface area contributed by atoms with Crippen LogP contribution in [0.4, 0.5) is 10.1 Å². The Labute approximate surface area is 218 Å². The van der Waals surface area contributed by atoms with Crippen LogP contribution in [0.3, 0.4) is 0 Å². The highest BCUT2D eigenvalue weighted by Crippen LogP contribution is 2.38. The Balaban J connectivity index is 1.62. The van der Waals surface area contributed by atoms with Gasteiger partial charge in [0.25, 0.3) is 5.91 Å². The maximum absolute atomic E-state index is 15.1. The normalized spacial score (nSPS) is 15.2. The molecule has 1 aliphatic rings. The summed E-state index contributed by atoms with van der Waals surface area (Å²) in [5.74, 6) is -2.13. The lowest BCUT2D eigenvalue weighted by atomic mass is 10.0. The Morgan fingerprint density at radius 1 is 1.06 bits per heavy atom. The molecule has 1 aliphatic heterocycles. The van der Waals surface area contributed by atoms with Crippen molar-refractivity contribution in [3.63, 3.8) is 0 Å². The lowest BCUT2D eigenvalue weighted by Crippen LogP contribution is -2.35.